The zero-order valence-electron chi connectivity index (χ0n) is 12.6. The normalized spacial score (nSPS) is 10.5. The van der Waals surface area contributed by atoms with E-state index < -0.39 is 12.1 Å². The van der Waals surface area contributed by atoms with E-state index in [1.165, 1.54) is 11.7 Å². The van der Waals surface area contributed by atoms with Crippen molar-refractivity contribution in [3.63, 3.8) is 0 Å². The summed E-state index contributed by atoms with van der Waals surface area (Å²) in [5, 5.41) is 0.768. The van der Waals surface area contributed by atoms with E-state index in [2.05, 4.69) is 4.74 Å². The van der Waals surface area contributed by atoms with E-state index in [4.69, 9.17) is 4.74 Å². The molecule has 0 N–H and O–H groups in total. The highest BCUT2D eigenvalue weighted by Gasteiger charge is 2.12. The van der Waals surface area contributed by atoms with Crippen LogP contribution in [0.15, 0.2) is 60.8 Å². The first kappa shape index (κ1) is 14.8. The van der Waals surface area contributed by atoms with Crippen molar-refractivity contribution in [1.29, 1.82) is 0 Å². The molecule has 0 bridgehead atoms. The van der Waals surface area contributed by atoms with Gasteiger partial charge in [-0.15, -0.1) is 0 Å². The van der Waals surface area contributed by atoms with Gasteiger partial charge in [-0.25, -0.2) is 9.59 Å². The molecule has 5 nitrogen and oxygen atoms in total. The average Bonchev–Trinajstić information content (AvgIpc) is 3.03. The van der Waals surface area contributed by atoms with E-state index in [0.29, 0.717) is 11.1 Å². The van der Waals surface area contributed by atoms with Crippen LogP contribution in [0.2, 0.25) is 0 Å². The van der Waals surface area contributed by atoms with E-state index in [1.54, 1.807) is 30.5 Å². The van der Waals surface area contributed by atoms with E-state index in [0.717, 1.165) is 10.9 Å². The molecule has 23 heavy (non-hydrogen) atoms. The molecule has 1 aromatic heterocycles. The summed E-state index contributed by atoms with van der Waals surface area (Å²) < 4.78 is 11.4. The number of rotatable bonds is 3. The summed E-state index contributed by atoms with van der Waals surface area (Å²) in [5.74, 6) is -0.411. The molecule has 116 valence electrons. The summed E-state index contributed by atoms with van der Waals surface area (Å²) in [6, 6.07) is 16.2. The van der Waals surface area contributed by atoms with Crippen LogP contribution < -0.4 is 0 Å². The first-order valence-electron chi connectivity index (χ1n) is 7.09. The number of ether oxygens (including phenoxy) is 2. The topological polar surface area (TPSA) is 57.5 Å². The summed E-state index contributed by atoms with van der Waals surface area (Å²) >= 11 is 0. The molecule has 0 saturated heterocycles. The summed E-state index contributed by atoms with van der Waals surface area (Å²) in [4.78, 5) is 23.8. The third kappa shape index (κ3) is 3.08. The highest BCUT2D eigenvalue weighted by molar-refractivity contribution is 5.96. The van der Waals surface area contributed by atoms with Gasteiger partial charge in [0.05, 0.1) is 18.2 Å². The molecule has 0 aliphatic rings. The number of hydrogen-bond donors (Lipinski definition) is 0. The second kappa shape index (κ2) is 6.36. The van der Waals surface area contributed by atoms with Gasteiger partial charge in [-0.2, -0.15) is 0 Å². The molecule has 1 heterocycles. The van der Waals surface area contributed by atoms with Gasteiger partial charge in [0.2, 0.25) is 0 Å². The molecule has 0 aliphatic carbocycles. The Morgan fingerprint density at radius 1 is 1.04 bits per heavy atom. The standard InChI is InChI=1S/C18H15NO4/c1-22-17(20)15-7-8-16-14(11-15)9-10-19(16)18(21)23-12-13-5-3-2-4-6-13/h2-11H,12H2,1H3. The van der Waals surface area contributed by atoms with E-state index in [-0.39, 0.29) is 6.61 Å². The number of carbonyl (C=O) groups excluding carboxylic acids is 2. The fraction of sp³-hybridized carbons (Fsp3) is 0.111. The van der Waals surface area contributed by atoms with Gasteiger partial charge in [0.25, 0.3) is 0 Å². The molecule has 0 amide bonds. The largest absolute Gasteiger partial charge is 0.465 e. The predicted molar refractivity (Wildman–Crippen MR) is 85.3 cm³/mol. The second-order valence-corrected chi connectivity index (χ2v) is 4.99. The molecule has 0 radical (unpaired) electrons. The first-order valence-corrected chi connectivity index (χ1v) is 7.09. The van der Waals surface area contributed by atoms with Crippen LogP contribution in [0.5, 0.6) is 0 Å². The Bertz CT molecular complexity index is 852. The fourth-order valence-corrected chi connectivity index (χ4v) is 2.34. The van der Waals surface area contributed by atoms with E-state index in [1.807, 2.05) is 30.3 Å². The van der Waals surface area contributed by atoms with Crippen molar-refractivity contribution >= 4 is 23.0 Å². The number of carbonyl (C=O) groups is 2. The highest BCUT2D eigenvalue weighted by atomic mass is 16.5. The maximum atomic E-state index is 12.2. The molecule has 3 rings (SSSR count). The van der Waals surface area contributed by atoms with Crippen molar-refractivity contribution in [2.45, 2.75) is 6.61 Å². The van der Waals surface area contributed by atoms with Crippen LogP contribution in [0, 0.1) is 0 Å². The lowest BCUT2D eigenvalue weighted by Crippen LogP contribution is -2.12. The van der Waals surface area contributed by atoms with Gasteiger partial charge < -0.3 is 9.47 Å². The number of esters is 1. The molecule has 2 aromatic carbocycles. The molecule has 0 atom stereocenters. The fourth-order valence-electron chi connectivity index (χ4n) is 2.34. The van der Waals surface area contributed by atoms with Crippen molar-refractivity contribution in [2.75, 3.05) is 7.11 Å². The van der Waals surface area contributed by atoms with Gasteiger partial charge in [-0.1, -0.05) is 30.3 Å². The Hall–Kier alpha value is -3.08. The van der Waals surface area contributed by atoms with Crippen LogP contribution in [0.4, 0.5) is 4.79 Å². The summed E-state index contributed by atoms with van der Waals surface area (Å²) in [5.41, 5.74) is 2.04. The third-order valence-electron chi connectivity index (χ3n) is 3.51. The van der Waals surface area contributed by atoms with E-state index in [9.17, 15) is 9.59 Å². The Balaban J connectivity index is 1.80. The number of methoxy groups -OCH3 is 1. The van der Waals surface area contributed by atoms with Crippen molar-refractivity contribution in [1.82, 2.24) is 4.57 Å². The molecule has 3 aromatic rings. The number of fused-ring (bicyclic) bond motifs is 1. The van der Waals surface area contributed by atoms with Crippen molar-refractivity contribution < 1.29 is 19.1 Å². The Labute approximate surface area is 133 Å². The predicted octanol–water partition coefficient (Wildman–Crippen LogP) is 3.61. The molecule has 0 aliphatic heterocycles. The second-order valence-electron chi connectivity index (χ2n) is 4.99. The van der Waals surface area contributed by atoms with Gasteiger partial charge in [0.1, 0.15) is 6.61 Å². The minimum atomic E-state index is -0.463. The van der Waals surface area contributed by atoms with Gasteiger partial charge >= 0.3 is 12.1 Å². The van der Waals surface area contributed by atoms with Crippen LogP contribution in [0.25, 0.3) is 10.9 Å². The van der Waals surface area contributed by atoms with Gasteiger partial charge in [-0.3, -0.25) is 4.57 Å². The summed E-state index contributed by atoms with van der Waals surface area (Å²) in [7, 11) is 1.33. The maximum absolute atomic E-state index is 12.2. The highest BCUT2D eigenvalue weighted by Crippen LogP contribution is 2.19. The zero-order valence-corrected chi connectivity index (χ0v) is 12.6. The van der Waals surface area contributed by atoms with Crippen LogP contribution in [0.3, 0.4) is 0 Å². The molecule has 0 saturated carbocycles. The lowest BCUT2D eigenvalue weighted by Gasteiger charge is -2.07. The number of hydrogen-bond acceptors (Lipinski definition) is 4. The Kier molecular flexibility index (Phi) is 4.10. The number of nitrogens with zero attached hydrogens (tertiary/aromatic N) is 1. The molecular weight excluding hydrogens is 294 g/mol. The van der Waals surface area contributed by atoms with E-state index >= 15 is 0 Å². The average molecular weight is 309 g/mol. The molecular formula is C18H15NO4. The first-order chi connectivity index (χ1) is 11.2. The summed E-state index contributed by atoms with van der Waals surface area (Å²) in [6.45, 7) is 0.208. The van der Waals surface area contributed by atoms with Crippen LogP contribution in [0.1, 0.15) is 15.9 Å². The number of benzene rings is 2. The Morgan fingerprint density at radius 3 is 2.57 bits per heavy atom. The number of aromatic nitrogens is 1. The maximum Gasteiger partial charge on any atom is 0.418 e. The molecule has 0 spiro atoms. The minimum absolute atomic E-state index is 0.208. The van der Waals surface area contributed by atoms with Crippen LogP contribution in [-0.4, -0.2) is 23.7 Å². The monoisotopic (exact) mass is 309 g/mol. The minimum Gasteiger partial charge on any atom is -0.465 e. The quantitative estimate of drug-likeness (QED) is 0.693. The van der Waals surface area contributed by atoms with Crippen molar-refractivity contribution in [2.24, 2.45) is 0 Å². The summed E-state index contributed by atoms with van der Waals surface area (Å²) in [6.07, 6.45) is 1.16. The molecule has 5 heteroatoms. The van der Waals surface area contributed by atoms with Gasteiger partial charge in [0.15, 0.2) is 0 Å². The Morgan fingerprint density at radius 2 is 1.83 bits per heavy atom. The molecule has 0 fully saturated rings. The van der Waals surface area contributed by atoms with Gasteiger partial charge in [0, 0.05) is 11.6 Å². The third-order valence-corrected chi connectivity index (χ3v) is 3.51. The van der Waals surface area contributed by atoms with Crippen LogP contribution >= 0.6 is 0 Å². The smallest absolute Gasteiger partial charge is 0.418 e. The molecule has 0 unspecified atom stereocenters. The zero-order chi connectivity index (χ0) is 16.2. The lowest BCUT2D eigenvalue weighted by molar-refractivity contribution is 0.0601. The van der Waals surface area contributed by atoms with Crippen molar-refractivity contribution in [3.05, 3.63) is 71.9 Å². The van der Waals surface area contributed by atoms with Gasteiger partial charge in [-0.05, 0) is 29.8 Å². The lowest BCUT2D eigenvalue weighted by atomic mass is 10.1. The van der Waals surface area contributed by atoms with Crippen molar-refractivity contribution in [3.8, 4) is 0 Å². The van der Waals surface area contributed by atoms with Crippen LogP contribution in [-0.2, 0) is 16.1 Å². The SMILES string of the molecule is COC(=O)c1ccc2c(ccn2C(=O)OCc2ccccc2)c1.